The fraction of sp³-hybridized carbons (Fsp3) is 0.826. The molecule has 4 aliphatic rings. The molecule has 8 unspecified atom stereocenters. The van der Waals surface area contributed by atoms with E-state index in [9.17, 15) is 23.2 Å². The number of nitriles is 1. The van der Waals surface area contributed by atoms with E-state index in [0.29, 0.717) is 43.1 Å². The summed E-state index contributed by atoms with van der Waals surface area (Å²) in [6.07, 6.45) is 10.3. The van der Waals surface area contributed by atoms with E-state index in [0.717, 1.165) is 94.0 Å². The number of ether oxygens (including phenoxy) is 2. The van der Waals surface area contributed by atoms with Gasteiger partial charge in [0.2, 0.25) is 11.3 Å². The fourth-order valence-electron chi connectivity index (χ4n) is 10.4. The van der Waals surface area contributed by atoms with Crippen molar-refractivity contribution in [2.24, 2.45) is 23.2 Å². The Kier molecular flexibility index (Phi) is 21.2. The Morgan fingerprint density at radius 2 is 1.80 bits per heavy atom. The third-order valence-electron chi connectivity index (χ3n) is 13.8. The summed E-state index contributed by atoms with van der Waals surface area (Å²) in [7, 11) is 7.09. The number of aryl methyl sites for hydroxylation is 1. The summed E-state index contributed by atoms with van der Waals surface area (Å²) in [6.45, 7) is 16.3. The number of nitrogens with zero attached hydrogens (tertiary/aromatic N) is 4. The number of carbonyl (C=O) groups excluding carboxylic acids is 1. The van der Waals surface area contributed by atoms with Crippen molar-refractivity contribution in [3.63, 3.8) is 0 Å². The van der Waals surface area contributed by atoms with Crippen LogP contribution in [0.5, 0.6) is 5.75 Å². The van der Waals surface area contributed by atoms with E-state index in [-0.39, 0.29) is 12.0 Å². The van der Waals surface area contributed by atoms with Gasteiger partial charge in [-0.15, -0.1) is 12.6 Å². The van der Waals surface area contributed by atoms with Crippen LogP contribution in [0.15, 0.2) is 18.2 Å². The number of rotatable bonds is 22. The predicted octanol–water partition coefficient (Wildman–Crippen LogP) is 11.8. The van der Waals surface area contributed by atoms with Gasteiger partial charge in [-0.25, -0.2) is 0 Å². The number of hydrogen-bond donors (Lipinski definition) is 1. The lowest BCUT2D eigenvalue weighted by Crippen LogP contribution is -2.48. The molecule has 0 radical (unpaired) electrons. The number of alkyl halides is 3. The van der Waals surface area contributed by atoms with E-state index < -0.39 is 19.4 Å². The van der Waals surface area contributed by atoms with Gasteiger partial charge in [-0.2, -0.15) is 18.4 Å². The molecule has 61 heavy (non-hydrogen) atoms. The molecule has 0 spiro atoms. The molecule has 1 aromatic rings. The van der Waals surface area contributed by atoms with Crippen molar-refractivity contribution < 1.29 is 32.0 Å². The molecule has 1 aromatic carbocycles. The average molecular weight is 933 g/mol. The second kappa shape index (κ2) is 24.6. The van der Waals surface area contributed by atoms with Crippen LogP contribution in [0, 0.1) is 34.5 Å². The first-order chi connectivity index (χ1) is 28.9. The Morgan fingerprint density at radius 1 is 1.07 bits per heavy atom. The van der Waals surface area contributed by atoms with E-state index in [4.69, 9.17) is 9.26 Å². The quantitative estimate of drug-likeness (QED) is 0.0305. The molecule has 1 amide bonds. The van der Waals surface area contributed by atoms with Crippen molar-refractivity contribution in [1.29, 1.82) is 5.26 Å². The summed E-state index contributed by atoms with van der Waals surface area (Å²) >= 11 is 3.43. The third-order valence-corrected chi connectivity index (χ3v) is 19.4. The highest BCUT2D eigenvalue weighted by Crippen LogP contribution is 2.62. The standard InChI is InChI=1S/C38H60N3O3PS2.C8H16F3NOS/c1-27(2)41(28(3)4)45(21-7-19-39)44-32-11-9-29(23-32)25-47-46-22-8-20-43-31-12-14-33-30(24-31)10-13-35-34(33)17-18-38(5)36(35)15-16-37(38)40(6)26-42;1-4-12(3)5-6-13-7(2,14)8(9,10)11/h12,14,24,26-29,32,34-37H,7-11,13,15-18,20-23,25H2,1-6H3;14H,4-6H2,1-3H3/t29?,32-,34?,35?,36?,37?,38?,45?;/m1./s1. The smallest absolute Gasteiger partial charge is 0.426 e. The zero-order valence-corrected chi connectivity index (χ0v) is 41.8. The van der Waals surface area contributed by atoms with Gasteiger partial charge < -0.3 is 23.8 Å². The van der Waals surface area contributed by atoms with Crippen LogP contribution >= 0.6 is 42.5 Å². The van der Waals surface area contributed by atoms with Gasteiger partial charge in [0, 0.05) is 55.8 Å². The van der Waals surface area contributed by atoms with Crippen molar-refractivity contribution in [2.75, 3.05) is 58.1 Å². The van der Waals surface area contributed by atoms with Crippen molar-refractivity contribution in [3.05, 3.63) is 29.3 Å². The minimum absolute atomic E-state index is 0.0177. The lowest BCUT2D eigenvalue weighted by atomic mass is 9.55. The number of thiol groups is 1. The summed E-state index contributed by atoms with van der Waals surface area (Å²) in [5.41, 5.74) is 3.35. The maximum Gasteiger partial charge on any atom is 0.426 e. The molecule has 0 saturated heterocycles. The number of amides is 1. The van der Waals surface area contributed by atoms with Gasteiger partial charge in [-0.05, 0) is 165 Å². The molecule has 0 aromatic heterocycles. The molecule has 3 saturated carbocycles. The highest BCUT2D eigenvalue weighted by Gasteiger charge is 2.56. The maximum atomic E-state index is 12.2. The van der Waals surface area contributed by atoms with E-state index in [2.05, 4.69) is 80.9 Å². The predicted molar refractivity (Wildman–Crippen MR) is 253 cm³/mol. The number of likely N-dealkylation sites (N-methyl/N-ethyl adjacent to an activating group) is 1. The van der Waals surface area contributed by atoms with Crippen LogP contribution in [-0.2, 0) is 20.5 Å². The Morgan fingerprint density at radius 3 is 2.46 bits per heavy atom. The Bertz CT molecular complexity index is 1530. The number of hydrogen-bond acceptors (Lipinski definition) is 10. The molecule has 8 nitrogen and oxygen atoms in total. The second-order valence-corrected chi connectivity index (χ2v) is 24.0. The Hall–Kier alpha value is -0.910. The topological polar surface area (TPSA) is 78.3 Å². The van der Waals surface area contributed by atoms with E-state index >= 15 is 0 Å². The fourth-order valence-corrected chi connectivity index (χ4v) is 15.4. The molecule has 0 N–H and O–H groups in total. The molecule has 15 heteroatoms. The minimum Gasteiger partial charge on any atom is -0.494 e. The van der Waals surface area contributed by atoms with Gasteiger partial charge >= 0.3 is 6.18 Å². The van der Waals surface area contributed by atoms with Crippen LogP contribution in [0.3, 0.4) is 0 Å². The molecule has 9 atom stereocenters. The molecule has 0 heterocycles. The minimum atomic E-state index is -4.44. The molecule has 0 bridgehead atoms. The number of fused-ring (bicyclic) bond motifs is 5. The number of halogens is 3. The molecule has 5 rings (SSSR count). The van der Waals surface area contributed by atoms with E-state index in [1.807, 2.05) is 52.4 Å². The molecular weight excluding hydrogens is 857 g/mol. The maximum absolute atomic E-state index is 12.2. The Balaban J connectivity index is 0.000000502. The van der Waals surface area contributed by atoms with Crippen molar-refractivity contribution in [1.82, 2.24) is 14.5 Å². The van der Waals surface area contributed by atoms with Crippen LogP contribution < -0.4 is 4.74 Å². The van der Waals surface area contributed by atoms with Crippen LogP contribution in [0.25, 0.3) is 0 Å². The second-order valence-electron chi connectivity index (χ2n) is 18.7. The first-order valence-electron chi connectivity index (χ1n) is 22.7. The van der Waals surface area contributed by atoms with Crippen LogP contribution in [0.1, 0.15) is 130 Å². The van der Waals surface area contributed by atoms with Gasteiger partial charge in [-0.3, -0.25) is 9.46 Å². The largest absolute Gasteiger partial charge is 0.494 e. The first-order valence-corrected chi connectivity index (χ1v) is 27.1. The van der Waals surface area contributed by atoms with Gasteiger partial charge in [0.15, 0.2) is 0 Å². The van der Waals surface area contributed by atoms with Crippen LogP contribution in [-0.4, -0.2) is 114 Å². The Labute approximate surface area is 381 Å². The monoisotopic (exact) mass is 932 g/mol. The molecule has 0 aliphatic heterocycles. The zero-order chi connectivity index (χ0) is 45.0. The average Bonchev–Trinajstić information content (AvgIpc) is 3.81. The van der Waals surface area contributed by atoms with Crippen molar-refractivity contribution in [3.8, 4) is 11.8 Å². The summed E-state index contributed by atoms with van der Waals surface area (Å²) in [4.78, 5) is 13.0. The number of benzene rings is 1. The summed E-state index contributed by atoms with van der Waals surface area (Å²) in [5, 5.41) is 9.21. The zero-order valence-electron chi connectivity index (χ0n) is 38.4. The van der Waals surface area contributed by atoms with Crippen LogP contribution in [0.4, 0.5) is 13.2 Å². The highest BCUT2D eigenvalue weighted by molar-refractivity contribution is 8.76. The first kappa shape index (κ1) is 52.7. The van der Waals surface area contributed by atoms with Crippen molar-refractivity contribution >= 4 is 48.9 Å². The van der Waals surface area contributed by atoms with Gasteiger partial charge in [0.25, 0.3) is 0 Å². The molecule has 4 aliphatic carbocycles. The molecule has 3 fully saturated rings. The SMILES string of the molecule is CC(C)N(C(C)C)P(CCC#N)O[C@@H]1CCC(CSSCCCOc2ccc3c(c2)CCC2C3CCC3(C)C2CCC3N(C)C=O)C1.CCN(C)CCOC(C)(S)C(F)(F)F. The lowest BCUT2D eigenvalue weighted by Gasteiger charge is -2.51. The van der Waals surface area contributed by atoms with E-state index in [1.54, 1.807) is 5.56 Å². The lowest BCUT2D eigenvalue weighted by molar-refractivity contribution is -0.230. The molecular formula is C46H76F3N4O4PS3. The third kappa shape index (κ3) is 14.5. The molecule has 348 valence electrons. The van der Waals surface area contributed by atoms with Gasteiger partial charge in [-0.1, -0.05) is 41.5 Å². The van der Waals surface area contributed by atoms with Gasteiger partial charge in [0.1, 0.15) is 14.0 Å². The summed E-state index contributed by atoms with van der Waals surface area (Å²) in [5.74, 6) is 6.23. The van der Waals surface area contributed by atoms with E-state index in [1.165, 1.54) is 43.4 Å². The van der Waals surface area contributed by atoms with Gasteiger partial charge in [0.05, 0.1) is 25.4 Å². The van der Waals surface area contributed by atoms with Crippen LogP contribution in [0.2, 0.25) is 0 Å². The summed E-state index contributed by atoms with van der Waals surface area (Å²) < 4.78 is 56.8. The normalized spacial score (nSPS) is 27.5. The highest BCUT2D eigenvalue weighted by atomic mass is 33.1. The summed E-state index contributed by atoms with van der Waals surface area (Å²) in [6, 6.07) is 10.6. The number of carbonyl (C=O) groups is 1. The van der Waals surface area contributed by atoms with Crippen molar-refractivity contribution in [2.45, 2.75) is 160 Å².